The predicted octanol–water partition coefficient (Wildman–Crippen LogP) is 2.44. The van der Waals surface area contributed by atoms with E-state index >= 15 is 0 Å². The Morgan fingerprint density at radius 1 is 1.43 bits per heavy atom. The maximum Gasteiger partial charge on any atom is 0.305 e. The first-order valence-corrected chi connectivity index (χ1v) is 8.35. The van der Waals surface area contributed by atoms with Crippen molar-refractivity contribution in [3.8, 4) is 0 Å². The van der Waals surface area contributed by atoms with E-state index in [0.29, 0.717) is 10.6 Å². The number of halogens is 1. The van der Waals surface area contributed by atoms with Gasteiger partial charge in [0.05, 0.1) is 0 Å². The Bertz CT molecular complexity index is 583. The molecule has 5 nitrogen and oxygen atoms in total. The summed E-state index contributed by atoms with van der Waals surface area (Å²) in [5.41, 5.74) is 0.562. The Morgan fingerprint density at radius 2 is 2.05 bits per heavy atom. The summed E-state index contributed by atoms with van der Waals surface area (Å²) in [6.45, 7) is 5.24. The summed E-state index contributed by atoms with van der Waals surface area (Å²) in [6, 6.07) is 6.49. The molecule has 1 atom stereocenters. The molecule has 1 unspecified atom stereocenters. The molecular weight excluding hydrogens is 314 g/mol. The third-order valence-electron chi connectivity index (χ3n) is 2.70. The van der Waals surface area contributed by atoms with Crippen LogP contribution in [0.2, 0.25) is 5.02 Å². The first kappa shape index (κ1) is 17.7. The molecule has 0 aliphatic heterocycles. The van der Waals surface area contributed by atoms with Crippen molar-refractivity contribution >= 4 is 27.6 Å². The lowest BCUT2D eigenvalue weighted by molar-refractivity contribution is -0.142. The van der Waals surface area contributed by atoms with E-state index in [-0.39, 0.29) is 25.5 Å². The van der Waals surface area contributed by atoms with Crippen LogP contribution in [-0.4, -0.2) is 27.5 Å². The SMILES string of the molecule is C=CC(c1ccc(Cl)cc1)S(=O)(=O)NCCOC(=O)CC. The second kappa shape index (κ2) is 8.17. The molecule has 1 aromatic carbocycles. The number of carbonyl (C=O) groups is 1. The number of benzene rings is 1. The third kappa shape index (κ3) is 5.49. The molecule has 1 N–H and O–H groups in total. The average Bonchev–Trinajstić information content (AvgIpc) is 2.46. The van der Waals surface area contributed by atoms with Gasteiger partial charge in [0, 0.05) is 18.0 Å². The lowest BCUT2D eigenvalue weighted by Crippen LogP contribution is -2.31. The summed E-state index contributed by atoms with van der Waals surface area (Å²) >= 11 is 5.78. The van der Waals surface area contributed by atoms with Crippen molar-refractivity contribution in [1.82, 2.24) is 4.72 Å². The van der Waals surface area contributed by atoms with E-state index in [1.807, 2.05) is 0 Å². The van der Waals surface area contributed by atoms with Crippen LogP contribution >= 0.6 is 11.6 Å². The normalized spacial score (nSPS) is 12.7. The summed E-state index contributed by atoms with van der Waals surface area (Å²) in [5, 5.41) is -0.366. The first-order valence-electron chi connectivity index (χ1n) is 6.42. The van der Waals surface area contributed by atoms with Crippen molar-refractivity contribution in [2.24, 2.45) is 0 Å². The average molecular weight is 332 g/mol. The van der Waals surface area contributed by atoms with E-state index in [4.69, 9.17) is 16.3 Å². The summed E-state index contributed by atoms with van der Waals surface area (Å²) in [5.74, 6) is -0.368. The van der Waals surface area contributed by atoms with Crippen molar-refractivity contribution in [2.45, 2.75) is 18.6 Å². The monoisotopic (exact) mass is 331 g/mol. The van der Waals surface area contributed by atoms with Gasteiger partial charge in [0.25, 0.3) is 0 Å². The van der Waals surface area contributed by atoms with Gasteiger partial charge in [-0.25, -0.2) is 13.1 Å². The van der Waals surface area contributed by atoms with Gasteiger partial charge < -0.3 is 4.74 Å². The Hall–Kier alpha value is -1.37. The number of esters is 1. The quantitative estimate of drug-likeness (QED) is 0.451. The van der Waals surface area contributed by atoms with Crippen LogP contribution in [0.4, 0.5) is 0 Å². The lowest BCUT2D eigenvalue weighted by atomic mass is 10.1. The fourth-order valence-corrected chi connectivity index (χ4v) is 3.08. The summed E-state index contributed by atoms with van der Waals surface area (Å²) in [4.78, 5) is 11.0. The highest BCUT2D eigenvalue weighted by Gasteiger charge is 2.23. The zero-order chi connectivity index (χ0) is 15.9. The van der Waals surface area contributed by atoms with Crippen molar-refractivity contribution in [3.63, 3.8) is 0 Å². The number of carbonyl (C=O) groups excluding carboxylic acids is 1. The van der Waals surface area contributed by atoms with Crippen molar-refractivity contribution < 1.29 is 17.9 Å². The van der Waals surface area contributed by atoms with Gasteiger partial charge in [-0.3, -0.25) is 4.79 Å². The van der Waals surface area contributed by atoms with Crippen molar-refractivity contribution in [1.29, 1.82) is 0 Å². The van der Waals surface area contributed by atoms with Crippen LogP contribution in [0.15, 0.2) is 36.9 Å². The second-order valence-corrected chi connectivity index (χ2v) is 6.54. The van der Waals surface area contributed by atoms with E-state index in [9.17, 15) is 13.2 Å². The molecule has 1 rings (SSSR count). The van der Waals surface area contributed by atoms with E-state index in [1.165, 1.54) is 6.08 Å². The van der Waals surface area contributed by atoms with Crippen LogP contribution in [0, 0.1) is 0 Å². The molecule has 0 spiro atoms. The number of rotatable bonds is 8. The molecule has 116 valence electrons. The lowest BCUT2D eigenvalue weighted by Gasteiger charge is -2.15. The van der Waals surface area contributed by atoms with Gasteiger partial charge in [0.2, 0.25) is 10.0 Å². The topological polar surface area (TPSA) is 72.5 Å². The maximum atomic E-state index is 12.2. The minimum atomic E-state index is -3.65. The fourth-order valence-electron chi connectivity index (χ4n) is 1.64. The Kier molecular flexibility index (Phi) is 6.87. The smallest absolute Gasteiger partial charge is 0.305 e. The molecule has 7 heteroatoms. The molecule has 0 radical (unpaired) electrons. The van der Waals surface area contributed by atoms with Gasteiger partial charge >= 0.3 is 5.97 Å². The van der Waals surface area contributed by atoms with Crippen LogP contribution < -0.4 is 4.72 Å². The summed E-state index contributed by atoms with van der Waals surface area (Å²) < 4.78 is 31.6. The summed E-state index contributed by atoms with van der Waals surface area (Å²) in [6.07, 6.45) is 1.59. The highest BCUT2D eigenvalue weighted by Crippen LogP contribution is 2.24. The van der Waals surface area contributed by atoms with Gasteiger partial charge in [-0.1, -0.05) is 36.7 Å². The molecule has 0 saturated heterocycles. The van der Waals surface area contributed by atoms with Crippen molar-refractivity contribution in [2.75, 3.05) is 13.2 Å². The number of hydrogen-bond acceptors (Lipinski definition) is 4. The summed E-state index contributed by atoms with van der Waals surface area (Å²) in [7, 11) is -3.65. The largest absolute Gasteiger partial charge is 0.464 e. The highest BCUT2D eigenvalue weighted by molar-refractivity contribution is 7.89. The predicted molar refractivity (Wildman–Crippen MR) is 82.6 cm³/mol. The molecule has 1 aromatic rings. The molecule has 0 fully saturated rings. The number of ether oxygens (including phenoxy) is 1. The van der Waals surface area contributed by atoms with Crippen LogP contribution in [0.3, 0.4) is 0 Å². The van der Waals surface area contributed by atoms with E-state index in [0.717, 1.165) is 0 Å². The highest BCUT2D eigenvalue weighted by atomic mass is 35.5. The van der Waals surface area contributed by atoms with E-state index in [2.05, 4.69) is 11.3 Å². The second-order valence-electron chi connectivity index (χ2n) is 4.22. The number of hydrogen-bond donors (Lipinski definition) is 1. The van der Waals surface area contributed by atoms with Crippen LogP contribution in [0.25, 0.3) is 0 Å². The van der Waals surface area contributed by atoms with E-state index in [1.54, 1.807) is 31.2 Å². The third-order valence-corrected chi connectivity index (χ3v) is 4.70. The molecular formula is C14H18ClNO4S. The van der Waals surface area contributed by atoms with Gasteiger partial charge in [-0.05, 0) is 17.7 Å². The molecule has 0 heterocycles. The van der Waals surface area contributed by atoms with Gasteiger partial charge in [0.1, 0.15) is 11.9 Å². The van der Waals surface area contributed by atoms with Gasteiger partial charge in [0.15, 0.2) is 0 Å². The van der Waals surface area contributed by atoms with Crippen molar-refractivity contribution in [3.05, 3.63) is 47.5 Å². The minimum Gasteiger partial charge on any atom is -0.464 e. The maximum absolute atomic E-state index is 12.2. The standard InChI is InChI=1S/C14H18ClNO4S/c1-3-13(11-5-7-12(15)8-6-11)21(18,19)16-9-10-20-14(17)4-2/h3,5-8,13,16H,1,4,9-10H2,2H3. The van der Waals surface area contributed by atoms with E-state index < -0.39 is 15.3 Å². The van der Waals surface area contributed by atoms with Crippen LogP contribution in [0.5, 0.6) is 0 Å². The minimum absolute atomic E-state index is 0.00359. The molecule has 21 heavy (non-hydrogen) atoms. The fraction of sp³-hybridized carbons (Fsp3) is 0.357. The Morgan fingerprint density at radius 3 is 2.57 bits per heavy atom. The molecule has 0 amide bonds. The number of sulfonamides is 1. The Labute approximate surface area is 130 Å². The van der Waals surface area contributed by atoms with Crippen LogP contribution in [-0.2, 0) is 19.6 Å². The van der Waals surface area contributed by atoms with Gasteiger partial charge in [-0.15, -0.1) is 6.58 Å². The zero-order valence-electron chi connectivity index (χ0n) is 11.7. The Balaban J connectivity index is 2.68. The first-order chi connectivity index (χ1) is 9.90. The molecule has 0 saturated carbocycles. The van der Waals surface area contributed by atoms with Crippen LogP contribution in [0.1, 0.15) is 24.2 Å². The van der Waals surface area contributed by atoms with Gasteiger partial charge in [-0.2, -0.15) is 0 Å². The number of nitrogens with one attached hydrogen (secondary N) is 1. The molecule has 0 aliphatic carbocycles. The molecule has 0 aliphatic rings. The molecule has 0 aromatic heterocycles. The molecule has 0 bridgehead atoms. The zero-order valence-corrected chi connectivity index (χ0v) is 13.3.